The average Bonchev–Trinajstić information content (AvgIpc) is 3.45. The number of aromatic nitrogens is 5. The van der Waals surface area contributed by atoms with Crippen LogP contribution in [0.2, 0.25) is 0 Å². The molecule has 1 aliphatic rings. The van der Waals surface area contributed by atoms with Crippen LogP contribution >= 0.6 is 11.3 Å². The van der Waals surface area contributed by atoms with E-state index in [0.717, 1.165) is 42.1 Å². The van der Waals surface area contributed by atoms with Crippen molar-refractivity contribution in [2.75, 3.05) is 10.6 Å². The molecule has 172 valence electrons. The van der Waals surface area contributed by atoms with Crippen LogP contribution in [0.4, 0.5) is 10.9 Å². The number of hydrogen-bond acceptors (Lipinski definition) is 8. The molecule has 4 rings (SSSR count). The van der Waals surface area contributed by atoms with Gasteiger partial charge in [-0.3, -0.25) is 14.6 Å². The summed E-state index contributed by atoms with van der Waals surface area (Å²) in [5, 5.41) is 24.0. The highest BCUT2D eigenvalue weighted by atomic mass is 32.1. The van der Waals surface area contributed by atoms with Gasteiger partial charge in [0.25, 0.3) is 0 Å². The Morgan fingerprint density at radius 3 is 2.64 bits per heavy atom. The zero-order valence-corrected chi connectivity index (χ0v) is 19.5. The Balaban J connectivity index is 1.26. The van der Waals surface area contributed by atoms with Crippen molar-refractivity contribution in [1.82, 2.24) is 25.4 Å². The molecule has 0 aliphatic heterocycles. The lowest BCUT2D eigenvalue weighted by molar-refractivity contribution is -0.119. The van der Waals surface area contributed by atoms with Gasteiger partial charge in [-0.1, -0.05) is 31.3 Å². The minimum atomic E-state index is -0.146. The summed E-state index contributed by atoms with van der Waals surface area (Å²) in [7, 11) is 0. The molecule has 2 unspecified atom stereocenters. The molecule has 1 saturated carbocycles. The summed E-state index contributed by atoms with van der Waals surface area (Å²) in [6.07, 6.45) is 5.85. The lowest BCUT2D eigenvalue weighted by Gasteiger charge is -2.10. The molecule has 3 aromatic rings. The van der Waals surface area contributed by atoms with Crippen LogP contribution in [-0.4, -0.2) is 37.2 Å². The molecule has 0 bridgehead atoms. The molecule has 2 amide bonds. The van der Waals surface area contributed by atoms with E-state index < -0.39 is 0 Å². The molecule has 3 heterocycles. The maximum atomic E-state index is 12.2. The van der Waals surface area contributed by atoms with Gasteiger partial charge >= 0.3 is 0 Å². The van der Waals surface area contributed by atoms with E-state index in [1.165, 1.54) is 11.3 Å². The average molecular weight is 466 g/mol. The number of carbonyl (C=O) groups is 2. The Bertz CT molecular complexity index is 1090. The van der Waals surface area contributed by atoms with E-state index >= 15 is 0 Å². The van der Waals surface area contributed by atoms with Crippen LogP contribution in [0, 0.1) is 11.8 Å². The molecule has 10 heteroatoms. The van der Waals surface area contributed by atoms with E-state index in [1.54, 1.807) is 12.3 Å². The monoisotopic (exact) mass is 465 g/mol. The van der Waals surface area contributed by atoms with Crippen LogP contribution < -0.4 is 10.6 Å². The molecule has 3 aromatic heterocycles. The van der Waals surface area contributed by atoms with Gasteiger partial charge in [-0.05, 0) is 55.9 Å². The quantitative estimate of drug-likeness (QED) is 0.521. The lowest BCUT2D eigenvalue weighted by atomic mass is 10.00. The van der Waals surface area contributed by atoms with Crippen LogP contribution in [0.25, 0.3) is 0 Å². The fourth-order valence-corrected chi connectivity index (χ4v) is 4.77. The van der Waals surface area contributed by atoms with Crippen molar-refractivity contribution in [3.63, 3.8) is 0 Å². The second-order valence-electron chi connectivity index (χ2n) is 8.63. The largest absolute Gasteiger partial charge is 0.309 e. The summed E-state index contributed by atoms with van der Waals surface area (Å²) in [5.41, 5.74) is 1.64. The van der Waals surface area contributed by atoms with E-state index in [9.17, 15) is 9.59 Å². The van der Waals surface area contributed by atoms with Crippen molar-refractivity contribution < 1.29 is 9.59 Å². The van der Waals surface area contributed by atoms with E-state index in [-0.39, 0.29) is 24.2 Å². The first-order valence-corrected chi connectivity index (χ1v) is 11.9. The number of anilines is 2. The van der Waals surface area contributed by atoms with Crippen molar-refractivity contribution in [3.05, 3.63) is 52.9 Å². The second-order valence-corrected chi connectivity index (χ2v) is 9.63. The van der Waals surface area contributed by atoms with E-state index in [2.05, 4.69) is 36.0 Å². The molecule has 0 spiro atoms. The molecular weight excluding hydrogens is 438 g/mol. The number of amides is 2. The van der Waals surface area contributed by atoms with Gasteiger partial charge in [0.1, 0.15) is 5.01 Å². The topological polar surface area (TPSA) is 123 Å². The maximum Gasteiger partial charge on any atom is 0.232 e. The van der Waals surface area contributed by atoms with Crippen molar-refractivity contribution in [3.8, 4) is 0 Å². The van der Waals surface area contributed by atoms with Gasteiger partial charge in [-0.25, -0.2) is 0 Å². The minimum absolute atomic E-state index is 0.0694. The molecule has 1 aliphatic carbocycles. The number of pyridine rings is 1. The van der Waals surface area contributed by atoms with Crippen LogP contribution in [0.5, 0.6) is 0 Å². The van der Waals surface area contributed by atoms with E-state index in [0.29, 0.717) is 22.8 Å². The Labute approximate surface area is 196 Å². The zero-order chi connectivity index (χ0) is 23.2. The molecule has 0 aromatic carbocycles. The van der Waals surface area contributed by atoms with Crippen molar-refractivity contribution >= 4 is 34.1 Å². The van der Waals surface area contributed by atoms with Gasteiger partial charge in [0, 0.05) is 23.7 Å². The Morgan fingerprint density at radius 1 is 1.03 bits per heavy atom. The number of carbonyl (C=O) groups excluding carboxylic acids is 2. The predicted octanol–water partition coefficient (Wildman–Crippen LogP) is 3.63. The highest BCUT2D eigenvalue weighted by Gasteiger charge is 2.29. The summed E-state index contributed by atoms with van der Waals surface area (Å²) in [4.78, 5) is 28.2. The predicted molar refractivity (Wildman–Crippen MR) is 126 cm³/mol. The number of nitrogens with one attached hydrogen (secondary N) is 2. The van der Waals surface area contributed by atoms with E-state index in [1.807, 2.05) is 38.1 Å². The molecule has 0 saturated heterocycles. The van der Waals surface area contributed by atoms with Crippen LogP contribution in [0.15, 0.2) is 36.5 Å². The third kappa shape index (κ3) is 6.38. The van der Waals surface area contributed by atoms with Crippen molar-refractivity contribution in [2.24, 2.45) is 11.8 Å². The van der Waals surface area contributed by atoms with Crippen molar-refractivity contribution in [1.29, 1.82) is 0 Å². The fraction of sp³-hybridized carbons (Fsp3) is 0.435. The molecule has 2 atom stereocenters. The lowest BCUT2D eigenvalue weighted by Crippen LogP contribution is -2.19. The van der Waals surface area contributed by atoms with Gasteiger partial charge in [0.2, 0.25) is 16.9 Å². The third-order valence-electron chi connectivity index (χ3n) is 5.64. The SMILES string of the molecule is CC(C)C(=O)Nc1ccc(CC2CCC(c3nnc(NC(=O)Cc4ccccn4)s3)C2)nn1. The highest BCUT2D eigenvalue weighted by molar-refractivity contribution is 7.15. The summed E-state index contributed by atoms with van der Waals surface area (Å²) >= 11 is 1.44. The summed E-state index contributed by atoms with van der Waals surface area (Å²) in [5.74, 6) is 0.996. The van der Waals surface area contributed by atoms with Crippen LogP contribution in [0.1, 0.15) is 55.4 Å². The Hall–Kier alpha value is -3.27. The normalized spacial score (nSPS) is 17.8. The maximum absolute atomic E-state index is 12.2. The minimum Gasteiger partial charge on any atom is -0.309 e. The number of rotatable bonds is 8. The smallest absolute Gasteiger partial charge is 0.232 e. The highest BCUT2D eigenvalue weighted by Crippen LogP contribution is 2.41. The molecule has 2 N–H and O–H groups in total. The first-order chi connectivity index (χ1) is 16.0. The Morgan fingerprint density at radius 2 is 1.91 bits per heavy atom. The molecule has 0 radical (unpaired) electrons. The zero-order valence-electron chi connectivity index (χ0n) is 18.7. The van der Waals surface area contributed by atoms with Gasteiger partial charge in [-0.2, -0.15) is 5.10 Å². The van der Waals surface area contributed by atoms with Gasteiger partial charge in [-0.15, -0.1) is 15.3 Å². The number of hydrogen-bond donors (Lipinski definition) is 2. The standard InChI is InChI=1S/C23H27N7O2S/c1-14(2)21(32)25-19-9-8-18(27-28-19)12-15-6-7-16(11-15)22-29-30-23(33-22)26-20(31)13-17-5-3-4-10-24-17/h3-5,8-10,14-16H,6-7,11-13H2,1-2H3,(H,25,28,32)(H,26,30,31). The first-order valence-electron chi connectivity index (χ1n) is 11.1. The summed E-state index contributed by atoms with van der Waals surface area (Å²) < 4.78 is 0. The van der Waals surface area contributed by atoms with Gasteiger partial charge in [0.15, 0.2) is 5.82 Å². The third-order valence-corrected chi connectivity index (χ3v) is 6.64. The first kappa shape index (κ1) is 22.9. The number of nitrogens with zero attached hydrogens (tertiary/aromatic N) is 5. The summed E-state index contributed by atoms with van der Waals surface area (Å²) in [6.45, 7) is 3.68. The van der Waals surface area contributed by atoms with Crippen molar-refractivity contribution in [2.45, 2.75) is 51.9 Å². The summed E-state index contributed by atoms with van der Waals surface area (Å²) in [6, 6.07) is 9.24. The van der Waals surface area contributed by atoms with Crippen LogP contribution in [0.3, 0.4) is 0 Å². The van der Waals surface area contributed by atoms with Gasteiger partial charge in [0.05, 0.1) is 12.1 Å². The van der Waals surface area contributed by atoms with Crippen LogP contribution in [-0.2, 0) is 22.4 Å². The Kier molecular flexibility index (Phi) is 7.33. The van der Waals surface area contributed by atoms with Gasteiger partial charge < -0.3 is 10.6 Å². The molecular formula is C23H27N7O2S. The molecule has 9 nitrogen and oxygen atoms in total. The molecule has 33 heavy (non-hydrogen) atoms. The fourth-order valence-electron chi connectivity index (χ4n) is 3.87. The van der Waals surface area contributed by atoms with E-state index in [4.69, 9.17) is 0 Å². The molecule has 1 fully saturated rings. The second kappa shape index (κ2) is 10.6.